The number of rotatable bonds is 7. The fourth-order valence-corrected chi connectivity index (χ4v) is 5.18. The predicted molar refractivity (Wildman–Crippen MR) is 107 cm³/mol. The summed E-state index contributed by atoms with van der Waals surface area (Å²) in [5, 5.41) is 11.1. The molecule has 2 aromatic carbocycles. The van der Waals surface area contributed by atoms with Crippen LogP contribution in [0.4, 0.5) is 0 Å². The van der Waals surface area contributed by atoms with Gasteiger partial charge in [0.25, 0.3) is 0 Å². The Morgan fingerprint density at radius 3 is 2.33 bits per heavy atom. The van der Waals surface area contributed by atoms with Crippen LogP contribution in [-0.2, 0) is 10.0 Å². The van der Waals surface area contributed by atoms with E-state index in [2.05, 4.69) is 0 Å². The standard InChI is InChI=1S/C19H22Cl2N2O3S/c20-16-10-9-15(11-17(16)21)27(25,26)23(14-7-4-8-14)12-18(24)19(22)13-5-2-1-3-6-13/h1-3,5-6,9-11,14,18-19,24H,4,7-8,12,22H2/t18-,19-/m0/s1. The molecule has 1 aliphatic carbocycles. The molecule has 0 radical (unpaired) electrons. The van der Waals surface area contributed by atoms with E-state index in [4.69, 9.17) is 28.9 Å². The van der Waals surface area contributed by atoms with Gasteiger partial charge in [-0.1, -0.05) is 60.0 Å². The Hall–Kier alpha value is -1.15. The average Bonchev–Trinajstić information content (AvgIpc) is 2.61. The van der Waals surface area contributed by atoms with Gasteiger partial charge in [0.15, 0.2) is 0 Å². The summed E-state index contributed by atoms with van der Waals surface area (Å²) in [6.45, 7) is -0.0801. The molecule has 1 aliphatic rings. The van der Waals surface area contributed by atoms with Crippen molar-refractivity contribution in [3.05, 3.63) is 64.1 Å². The number of nitrogens with zero attached hydrogens (tertiary/aromatic N) is 1. The molecule has 146 valence electrons. The van der Waals surface area contributed by atoms with Crippen LogP contribution in [0.1, 0.15) is 30.9 Å². The van der Waals surface area contributed by atoms with Crippen molar-refractivity contribution in [2.75, 3.05) is 6.54 Å². The van der Waals surface area contributed by atoms with Crippen molar-refractivity contribution in [1.29, 1.82) is 0 Å². The predicted octanol–water partition coefficient (Wildman–Crippen LogP) is 3.60. The summed E-state index contributed by atoms with van der Waals surface area (Å²) in [4.78, 5) is 0.0595. The van der Waals surface area contributed by atoms with Gasteiger partial charge in [-0.3, -0.25) is 0 Å². The third-order valence-electron chi connectivity index (χ3n) is 4.95. The van der Waals surface area contributed by atoms with Crippen LogP contribution in [0.15, 0.2) is 53.4 Å². The number of sulfonamides is 1. The molecule has 3 N–H and O–H groups in total. The van der Waals surface area contributed by atoms with Gasteiger partial charge >= 0.3 is 0 Å². The van der Waals surface area contributed by atoms with Crippen molar-refractivity contribution in [3.8, 4) is 0 Å². The first-order valence-corrected chi connectivity index (χ1v) is 11.0. The number of hydrogen-bond acceptors (Lipinski definition) is 4. The Morgan fingerprint density at radius 1 is 1.11 bits per heavy atom. The van der Waals surface area contributed by atoms with Gasteiger partial charge < -0.3 is 10.8 Å². The van der Waals surface area contributed by atoms with E-state index in [0.717, 1.165) is 24.8 Å². The van der Waals surface area contributed by atoms with Gasteiger partial charge in [-0.25, -0.2) is 8.42 Å². The molecule has 8 heteroatoms. The molecule has 1 saturated carbocycles. The topological polar surface area (TPSA) is 83.6 Å². The van der Waals surface area contributed by atoms with Crippen LogP contribution in [0.5, 0.6) is 0 Å². The molecule has 27 heavy (non-hydrogen) atoms. The van der Waals surface area contributed by atoms with Crippen molar-refractivity contribution in [2.24, 2.45) is 5.73 Å². The summed E-state index contributed by atoms with van der Waals surface area (Å²) < 4.78 is 27.7. The van der Waals surface area contributed by atoms with Crippen LogP contribution < -0.4 is 5.73 Å². The molecular formula is C19H22Cl2N2O3S. The molecule has 0 amide bonds. The van der Waals surface area contributed by atoms with Gasteiger partial charge in [0.1, 0.15) is 0 Å². The van der Waals surface area contributed by atoms with Gasteiger partial charge in [0.05, 0.1) is 27.1 Å². The first-order chi connectivity index (χ1) is 12.8. The maximum absolute atomic E-state index is 13.2. The van der Waals surface area contributed by atoms with Crippen molar-refractivity contribution < 1.29 is 13.5 Å². The minimum Gasteiger partial charge on any atom is -0.390 e. The maximum Gasteiger partial charge on any atom is 0.243 e. The highest BCUT2D eigenvalue weighted by Gasteiger charge is 2.37. The number of hydrogen-bond donors (Lipinski definition) is 2. The van der Waals surface area contributed by atoms with E-state index in [-0.39, 0.29) is 27.5 Å². The van der Waals surface area contributed by atoms with Crippen LogP contribution in [0.25, 0.3) is 0 Å². The lowest BCUT2D eigenvalue weighted by Crippen LogP contribution is -2.49. The monoisotopic (exact) mass is 428 g/mol. The van der Waals surface area contributed by atoms with E-state index in [0.29, 0.717) is 0 Å². The Bertz CT molecular complexity index is 889. The van der Waals surface area contributed by atoms with Crippen molar-refractivity contribution in [3.63, 3.8) is 0 Å². The Balaban J connectivity index is 1.86. The quantitative estimate of drug-likeness (QED) is 0.705. The van der Waals surface area contributed by atoms with Crippen LogP contribution in [0.2, 0.25) is 10.0 Å². The van der Waals surface area contributed by atoms with Gasteiger partial charge in [-0.15, -0.1) is 0 Å². The second-order valence-electron chi connectivity index (χ2n) is 6.74. The first kappa shape index (κ1) is 20.6. The van der Waals surface area contributed by atoms with Gasteiger partial charge in [-0.05, 0) is 36.6 Å². The molecule has 1 fully saturated rings. The molecule has 0 unspecified atom stereocenters. The molecule has 2 aromatic rings. The van der Waals surface area contributed by atoms with E-state index < -0.39 is 22.2 Å². The van der Waals surface area contributed by atoms with Gasteiger partial charge in [0, 0.05) is 12.6 Å². The van der Waals surface area contributed by atoms with Crippen LogP contribution in [-0.4, -0.2) is 36.5 Å². The Labute approximate surface area is 169 Å². The van der Waals surface area contributed by atoms with E-state index in [1.165, 1.54) is 22.5 Å². The number of aliphatic hydroxyl groups is 1. The molecular weight excluding hydrogens is 407 g/mol. The second-order valence-corrected chi connectivity index (χ2v) is 9.44. The molecule has 0 bridgehead atoms. The highest BCUT2D eigenvalue weighted by molar-refractivity contribution is 7.89. The lowest BCUT2D eigenvalue weighted by atomic mass is 9.92. The first-order valence-electron chi connectivity index (χ1n) is 8.76. The smallest absolute Gasteiger partial charge is 0.243 e. The molecule has 0 aromatic heterocycles. The summed E-state index contributed by atoms with van der Waals surface area (Å²) in [6.07, 6.45) is 1.44. The zero-order valence-electron chi connectivity index (χ0n) is 14.6. The molecule has 5 nitrogen and oxygen atoms in total. The maximum atomic E-state index is 13.2. The molecule has 0 saturated heterocycles. The Kier molecular flexibility index (Phi) is 6.46. The fourth-order valence-electron chi connectivity index (χ4n) is 3.09. The summed E-state index contributed by atoms with van der Waals surface area (Å²) in [5.41, 5.74) is 6.92. The summed E-state index contributed by atoms with van der Waals surface area (Å²) in [5.74, 6) is 0. The zero-order chi connectivity index (χ0) is 19.6. The van der Waals surface area contributed by atoms with Gasteiger partial charge in [-0.2, -0.15) is 4.31 Å². The Morgan fingerprint density at radius 2 is 1.78 bits per heavy atom. The number of nitrogens with two attached hydrogens (primary N) is 1. The number of aliphatic hydroxyl groups excluding tert-OH is 1. The molecule has 3 rings (SSSR count). The minimum absolute atomic E-state index is 0.0595. The summed E-state index contributed by atoms with van der Waals surface area (Å²) in [6, 6.07) is 12.5. The van der Waals surface area contributed by atoms with Crippen molar-refractivity contribution >= 4 is 33.2 Å². The van der Waals surface area contributed by atoms with Gasteiger partial charge in [0.2, 0.25) is 10.0 Å². The summed E-state index contributed by atoms with van der Waals surface area (Å²) >= 11 is 11.9. The average molecular weight is 429 g/mol. The third kappa shape index (κ3) is 4.47. The molecule has 2 atom stereocenters. The normalized spacial score (nSPS) is 17.5. The van der Waals surface area contributed by atoms with Crippen LogP contribution >= 0.6 is 23.2 Å². The SMILES string of the molecule is N[C@@H](c1ccccc1)[C@@H](O)CN(C1CCC1)S(=O)(=O)c1ccc(Cl)c(Cl)c1. The van der Waals surface area contributed by atoms with E-state index >= 15 is 0 Å². The van der Waals surface area contributed by atoms with E-state index in [9.17, 15) is 13.5 Å². The largest absolute Gasteiger partial charge is 0.390 e. The third-order valence-corrected chi connectivity index (χ3v) is 7.60. The lowest BCUT2D eigenvalue weighted by Gasteiger charge is -2.38. The van der Waals surface area contributed by atoms with E-state index in [1.54, 1.807) is 0 Å². The zero-order valence-corrected chi connectivity index (χ0v) is 17.0. The molecule has 0 heterocycles. The van der Waals surface area contributed by atoms with Crippen molar-refractivity contribution in [1.82, 2.24) is 4.31 Å². The number of halogens is 2. The van der Waals surface area contributed by atoms with Crippen LogP contribution in [0, 0.1) is 0 Å². The van der Waals surface area contributed by atoms with Crippen molar-refractivity contribution in [2.45, 2.75) is 42.3 Å². The highest BCUT2D eigenvalue weighted by atomic mass is 35.5. The number of benzene rings is 2. The minimum atomic E-state index is -3.84. The summed E-state index contributed by atoms with van der Waals surface area (Å²) in [7, 11) is -3.84. The fraction of sp³-hybridized carbons (Fsp3) is 0.368. The molecule has 0 spiro atoms. The van der Waals surface area contributed by atoms with Crippen LogP contribution in [0.3, 0.4) is 0 Å². The highest BCUT2D eigenvalue weighted by Crippen LogP contribution is 2.33. The molecule has 0 aliphatic heterocycles. The van der Waals surface area contributed by atoms with E-state index in [1.807, 2.05) is 30.3 Å². The second kappa shape index (κ2) is 8.47. The lowest BCUT2D eigenvalue weighted by molar-refractivity contribution is 0.0923.